The van der Waals surface area contributed by atoms with E-state index in [0.717, 1.165) is 12.6 Å². The second-order valence-corrected chi connectivity index (χ2v) is 3.53. The summed E-state index contributed by atoms with van der Waals surface area (Å²) in [6, 6.07) is 5.13. The third-order valence-corrected chi connectivity index (χ3v) is 2.49. The molecule has 0 aliphatic carbocycles. The summed E-state index contributed by atoms with van der Waals surface area (Å²) in [6.45, 7) is 0. The predicted molar refractivity (Wildman–Crippen MR) is 64.0 cm³/mol. The van der Waals surface area contributed by atoms with Crippen molar-refractivity contribution in [2.75, 3.05) is 7.11 Å². The van der Waals surface area contributed by atoms with Crippen molar-refractivity contribution in [3.63, 3.8) is 0 Å². The van der Waals surface area contributed by atoms with Gasteiger partial charge in [0.25, 0.3) is 5.69 Å². The monoisotopic (exact) mass is 271 g/mol. The lowest BCUT2D eigenvalue weighted by Crippen LogP contribution is -2.12. The first-order valence-corrected chi connectivity index (χ1v) is 5.26. The van der Waals surface area contributed by atoms with Gasteiger partial charge in [-0.25, -0.2) is 4.79 Å². The molecular weight excluding hydrogens is 262 g/mol. The first-order chi connectivity index (χ1) is 8.51. The minimum atomic E-state index is -1.30. The second kappa shape index (κ2) is 6.13. The summed E-state index contributed by atoms with van der Waals surface area (Å²) in [6.07, 6.45) is -1.30. The van der Waals surface area contributed by atoms with Gasteiger partial charge in [-0.05, 0) is 17.7 Å². The van der Waals surface area contributed by atoms with Crippen LogP contribution in [-0.4, -0.2) is 23.1 Å². The molecule has 0 heterocycles. The van der Waals surface area contributed by atoms with Gasteiger partial charge < -0.3 is 9.84 Å². The molecule has 0 saturated heterocycles. The molecular formula is C11H10ClNO5. The molecule has 0 radical (unpaired) electrons. The van der Waals surface area contributed by atoms with Crippen LogP contribution in [0.3, 0.4) is 0 Å². The molecule has 0 aliphatic rings. The molecule has 1 unspecified atom stereocenters. The Labute approximate surface area is 108 Å². The summed E-state index contributed by atoms with van der Waals surface area (Å²) in [4.78, 5) is 21.2. The summed E-state index contributed by atoms with van der Waals surface area (Å²) in [5, 5.41) is 20.4. The normalized spacial score (nSPS) is 12.9. The maximum Gasteiger partial charge on any atom is 0.337 e. The van der Waals surface area contributed by atoms with Crippen LogP contribution in [0.4, 0.5) is 5.69 Å². The Balaban J connectivity index is 2.99. The minimum absolute atomic E-state index is 0.111. The zero-order chi connectivity index (χ0) is 13.7. The third kappa shape index (κ3) is 3.06. The number of benzene rings is 1. The van der Waals surface area contributed by atoms with E-state index in [1.165, 1.54) is 24.3 Å². The van der Waals surface area contributed by atoms with Gasteiger partial charge in [0, 0.05) is 17.7 Å². The number of nitrogens with zero attached hydrogens (tertiary/aromatic N) is 1. The van der Waals surface area contributed by atoms with E-state index < -0.39 is 17.0 Å². The van der Waals surface area contributed by atoms with Crippen LogP contribution in [-0.2, 0) is 9.53 Å². The number of rotatable bonds is 4. The van der Waals surface area contributed by atoms with E-state index >= 15 is 0 Å². The van der Waals surface area contributed by atoms with Gasteiger partial charge in [0.2, 0.25) is 0 Å². The number of nitro groups is 1. The highest BCUT2D eigenvalue weighted by Gasteiger charge is 2.21. The Morgan fingerprint density at radius 1 is 1.50 bits per heavy atom. The lowest BCUT2D eigenvalue weighted by Gasteiger charge is -2.12. The fraction of sp³-hybridized carbons (Fsp3) is 0.182. The molecule has 0 aliphatic heterocycles. The molecule has 1 rings (SSSR count). The average Bonchev–Trinajstić information content (AvgIpc) is 2.39. The highest BCUT2D eigenvalue weighted by molar-refractivity contribution is 6.27. The van der Waals surface area contributed by atoms with Gasteiger partial charge in [-0.15, -0.1) is 0 Å². The second-order valence-electron chi connectivity index (χ2n) is 3.31. The zero-order valence-electron chi connectivity index (χ0n) is 9.37. The van der Waals surface area contributed by atoms with Crippen molar-refractivity contribution < 1.29 is 19.6 Å². The lowest BCUT2D eigenvalue weighted by molar-refractivity contribution is -0.384. The van der Waals surface area contributed by atoms with Crippen LogP contribution in [0.5, 0.6) is 0 Å². The molecule has 0 saturated carbocycles. The largest absolute Gasteiger partial charge is 0.466 e. The standard InChI is InChI=1S/C11H10ClNO5/c1-18-11(15)9(6-12)10(14)7-2-4-8(5-3-7)13(16)17/h2-6,10,14H,1H3. The SMILES string of the molecule is COC(=O)C(=CCl)C(O)c1ccc([N+](=O)[O-])cc1. The Kier molecular flexibility index (Phi) is 4.82. The average molecular weight is 272 g/mol. The number of esters is 1. The van der Waals surface area contributed by atoms with Crippen molar-refractivity contribution >= 4 is 23.3 Å². The van der Waals surface area contributed by atoms with E-state index in [2.05, 4.69) is 4.74 Å². The van der Waals surface area contributed by atoms with Crippen molar-refractivity contribution in [1.82, 2.24) is 0 Å². The Hall–Kier alpha value is -1.92. The fourth-order valence-corrected chi connectivity index (χ4v) is 1.50. The molecule has 1 atom stereocenters. The number of non-ortho nitro benzene ring substituents is 1. The maximum atomic E-state index is 11.3. The van der Waals surface area contributed by atoms with Gasteiger partial charge in [0.1, 0.15) is 6.10 Å². The molecule has 0 bridgehead atoms. The molecule has 18 heavy (non-hydrogen) atoms. The zero-order valence-corrected chi connectivity index (χ0v) is 10.1. The summed E-state index contributed by atoms with van der Waals surface area (Å²) in [7, 11) is 1.16. The first kappa shape index (κ1) is 14.1. The van der Waals surface area contributed by atoms with E-state index in [0.29, 0.717) is 5.56 Å². The van der Waals surface area contributed by atoms with E-state index in [1.807, 2.05) is 0 Å². The first-order valence-electron chi connectivity index (χ1n) is 4.82. The molecule has 1 N–H and O–H groups in total. The molecule has 0 amide bonds. The molecule has 1 aromatic rings. The molecule has 0 aromatic heterocycles. The predicted octanol–water partition coefficient (Wildman–Crippen LogP) is 1.92. The Morgan fingerprint density at radius 3 is 2.44 bits per heavy atom. The summed E-state index contributed by atoms with van der Waals surface area (Å²) in [5.74, 6) is -0.768. The molecule has 6 nitrogen and oxygen atoms in total. The topological polar surface area (TPSA) is 89.7 Å². The highest BCUT2D eigenvalue weighted by atomic mass is 35.5. The van der Waals surface area contributed by atoms with Crippen LogP contribution in [0.2, 0.25) is 0 Å². The minimum Gasteiger partial charge on any atom is -0.466 e. The number of hydrogen-bond acceptors (Lipinski definition) is 5. The van der Waals surface area contributed by atoms with Crippen molar-refractivity contribution in [2.45, 2.75) is 6.10 Å². The third-order valence-electron chi connectivity index (χ3n) is 2.25. The lowest BCUT2D eigenvalue weighted by atomic mass is 10.0. The van der Waals surface area contributed by atoms with Gasteiger partial charge >= 0.3 is 5.97 Å². The van der Waals surface area contributed by atoms with Crippen molar-refractivity contribution in [3.8, 4) is 0 Å². The van der Waals surface area contributed by atoms with E-state index in [4.69, 9.17) is 11.6 Å². The number of ether oxygens (including phenoxy) is 1. The fourth-order valence-electron chi connectivity index (χ4n) is 1.29. The Bertz CT molecular complexity index is 483. The van der Waals surface area contributed by atoms with E-state index in [9.17, 15) is 20.0 Å². The highest BCUT2D eigenvalue weighted by Crippen LogP contribution is 2.25. The number of carbonyl (C=O) groups excluding carboxylic acids is 1. The molecule has 7 heteroatoms. The number of methoxy groups -OCH3 is 1. The molecule has 0 fully saturated rings. The molecule has 0 spiro atoms. The van der Waals surface area contributed by atoms with Crippen LogP contribution in [0.1, 0.15) is 11.7 Å². The molecule has 96 valence electrons. The summed E-state index contributed by atoms with van der Waals surface area (Å²) >= 11 is 5.44. The summed E-state index contributed by atoms with van der Waals surface area (Å²) < 4.78 is 4.45. The van der Waals surface area contributed by atoms with Crippen LogP contribution in [0.15, 0.2) is 35.4 Å². The van der Waals surface area contributed by atoms with Gasteiger partial charge in [0.15, 0.2) is 0 Å². The van der Waals surface area contributed by atoms with Crippen molar-refractivity contribution in [1.29, 1.82) is 0 Å². The molecule has 1 aromatic carbocycles. The maximum absolute atomic E-state index is 11.3. The van der Waals surface area contributed by atoms with Crippen LogP contribution in [0.25, 0.3) is 0 Å². The van der Waals surface area contributed by atoms with Crippen molar-refractivity contribution in [3.05, 3.63) is 51.1 Å². The van der Waals surface area contributed by atoms with Crippen molar-refractivity contribution in [2.24, 2.45) is 0 Å². The number of hydrogen-bond donors (Lipinski definition) is 1. The van der Waals surface area contributed by atoms with Crippen LogP contribution < -0.4 is 0 Å². The number of aliphatic hydroxyl groups excluding tert-OH is 1. The number of aliphatic hydroxyl groups is 1. The van der Waals surface area contributed by atoms with Gasteiger partial charge in [-0.3, -0.25) is 10.1 Å². The van der Waals surface area contributed by atoms with E-state index in [-0.39, 0.29) is 11.3 Å². The van der Waals surface area contributed by atoms with Crippen LogP contribution in [0, 0.1) is 10.1 Å². The van der Waals surface area contributed by atoms with Gasteiger partial charge in [0.05, 0.1) is 17.6 Å². The van der Waals surface area contributed by atoms with E-state index in [1.54, 1.807) is 0 Å². The van der Waals surface area contributed by atoms with Crippen LogP contribution >= 0.6 is 11.6 Å². The van der Waals surface area contributed by atoms with Gasteiger partial charge in [-0.1, -0.05) is 11.6 Å². The number of carbonyl (C=O) groups is 1. The Morgan fingerprint density at radius 2 is 2.06 bits per heavy atom. The summed E-state index contributed by atoms with van der Waals surface area (Å²) in [5.41, 5.74) is 0.962. The number of halogens is 1. The van der Waals surface area contributed by atoms with Gasteiger partial charge in [-0.2, -0.15) is 0 Å². The quantitative estimate of drug-likeness (QED) is 0.391. The smallest absolute Gasteiger partial charge is 0.337 e. The number of nitro benzene ring substituents is 1.